The molecule has 35 heavy (non-hydrogen) atoms. The first-order chi connectivity index (χ1) is 16.6. The number of esters is 1. The molecule has 0 aromatic heterocycles. The summed E-state index contributed by atoms with van der Waals surface area (Å²) in [4.78, 5) is 88.3. The van der Waals surface area contributed by atoms with Crippen LogP contribution in [0.1, 0.15) is 45.4 Å². The third-order valence-electron chi connectivity index (χ3n) is 4.72. The molecule has 1 heterocycles. The Labute approximate surface area is 205 Å². The van der Waals surface area contributed by atoms with Gasteiger partial charge in [-0.25, -0.2) is 14.4 Å². The number of carbonyl (C=O) groups is 7. The molecular weight excluding hydrogens is 488 g/mol. The number of urea groups is 1. The number of ketones is 1. The quantitative estimate of drug-likeness (QED) is 0.125. The number of Topliss-reactive ketones (excluding diaryl/α,β-unsaturated/α-hetero) is 1. The lowest BCUT2D eigenvalue weighted by atomic mass is 10.1. The Kier molecular flexibility index (Phi) is 13.3. The minimum atomic E-state index is -1.32. The number of amides is 4. The van der Waals surface area contributed by atoms with Crippen molar-refractivity contribution in [1.82, 2.24) is 15.7 Å². The minimum absolute atomic E-state index is 0.124. The first kappa shape index (κ1) is 29.8. The van der Waals surface area contributed by atoms with Gasteiger partial charge >= 0.3 is 23.9 Å². The molecule has 0 bridgehead atoms. The summed E-state index contributed by atoms with van der Waals surface area (Å²) in [6, 6.07) is -3.73. The van der Waals surface area contributed by atoms with Gasteiger partial charge in [0.2, 0.25) is 11.7 Å². The number of unbranched alkanes of at least 4 members (excludes halogenated alkanes) is 3. The van der Waals surface area contributed by atoms with E-state index in [2.05, 4.69) is 4.84 Å². The lowest BCUT2D eigenvalue weighted by molar-refractivity contribution is -0.154. The summed E-state index contributed by atoms with van der Waals surface area (Å²) in [6.45, 7) is 1.47. The molecule has 1 saturated heterocycles. The number of rotatable bonds is 14. The lowest BCUT2D eigenvalue weighted by Crippen LogP contribution is -2.53. The highest BCUT2D eigenvalue weighted by Crippen LogP contribution is 2.13. The maximum Gasteiger partial charge on any atom is 0.375 e. The molecule has 0 radical (unpaired) electrons. The molecule has 0 aliphatic carbocycles. The molecule has 1 aliphatic heterocycles. The SMILES string of the molecule is CCCCCCOC(=O)C(=O)CSCC1C(=O)NOC(=O)CN1C(=O)NC(=O)CCC(N)C(=O)O. The Balaban J connectivity index is 2.64. The van der Waals surface area contributed by atoms with Crippen molar-refractivity contribution in [3.63, 3.8) is 0 Å². The number of hydrogen-bond acceptors (Lipinski definition) is 11. The highest BCUT2D eigenvalue weighted by molar-refractivity contribution is 8.00. The number of nitrogens with one attached hydrogen (secondary N) is 2. The third-order valence-corrected chi connectivity index (χ3v) is 5.74. The Bertz CT molecular complexity index is 822. The van der Waals surface area contributed by atoms with Gasteiger partial charge in [-0.3, -0.25) is 24.5 Å². The fourth-order valence-corrected chi connectivity index (χ4v) is 3.71. The highest BCUT2D eigenvalue weighted by Gasteiger charge is 2.36. The number of thioether (sulfide) groups is 1. The van der Waals surface area contributed by atoms with Crippen molar-refractivity contribution in [3.8, 4) is 0 Å². The topological polar surface area (TPSA) is 212 Å². The summed E-state index contributed by atoms with van der Waals surface area (Å²) < 4.78 is 4.90. The van der Waals surface area contributed by atoms with E-state index in [1.54, 1.807) is 0 Å². The predicted octanol–water partition coefficient (Wildman–Crippen LogP) is -0.901. The lowest BCUT2D eigenvalue weighted by Gasteiger charge is -2.26. The zero-order chi connectivity index (χ0) is 26.4. The first-order valence-electron chi connectivity index (χ1n) is 10.9. The van der Waals surface area contributed by atoms with Gasteiger partial charge < -0.3 is 25.3 Å². The van der Waals surface area contributed by atoms with Gasteiger partial charge in [0.05, 0.1) is 12.4 Å². The standard InChI is InChI=1S/C20H30N4O10S/c1-2-3-4-5-8-33-19(31)14(25)11-35-10-13-17(28)23-34-16(27)9-24(13)20(32)22-15(26)7-6-12(21)18(29)30/h12-13H,2-11,21H2,1H3,(H,23,28)(H,29,30)(H,22,26,32). The average molecular weight is 519 g/mol. The molecule has 14 nitrogen and oxygen atoms in total. The smallest absolute Gasteiger partial charge is 0.375 e. The Morgan fingerprint density at radius 1 is 1.26 bits per heavy atom. The zero-order valence-corrected chi connectivity index (χ0v) is 20.1. The fraction of sp³-hybridized carbons (Fsp3) is 0.650. The van der Waals surface area contributed by atoms with Gasteiger partial charge in [-0.15, -0.1) is 0 Å². The van der Waals surface area contributed by atoms with Crippen LogP contribution in [0.4, 0.5) is 4.79 Å². The van der Waals surface area contributed by atoms with Crippen LogP contribution in [0, 0.1) is 0 Å². The Morgan fingerprint density at radius 3 is 2.63 bits per heavy atom. The number of hydrogen-bond donors (Lipinski definition) is 4. The number of aliphatic carboxylic acids is 1. The van der Waals surface area contributed by atoms with Gasteiger partial charge in [-0.05, 0) is 12.8 Å². The monoisotopic (exact) mass is 518 g/mol. The van der Waals surface area contributed by atoms with E-state index in [1.165, 1.54) is 0 Å². The number of nitrogens with zero attached hydrogens (tertiary/aromatic N) is 1. The van der Waals surface area contributed by atoms with Crippen LogP contribution in [0.3, 0.4) is 0 Å². The molecule has 0 aromatic rings. The van der Waals surface area contributed by atoms with E-state index in [4.69, 9.17) is 15.6 Å². The van der Waals surface area contributed by atoms with Crippen LogP contribution in [-0.4, -0.2) is 88.3 Å². The summed E-state index contributed by atoms with van der Waals surface area (Å²) >= 11 is 0.849. The number of nitrogens with two attached hydrogens (primary N) is 1. The maximum absolute atomic E-state index is 12.5. The van der Waals surface area contributed by atoms with Gasteiger partial charge in [0.25, 0.3) is 5.91 Å². The van der Waals surface area contributed by atoms with Crippen LogP contribution in [0.25, 0.3) is 0 Å². The van der Waals surface area contributed by atoms with Crippen LogP contribution in [-0.2, 0) is 38.3 Å². The number of carbonyl (C=O) groups excluding carboxylic acids is 6. The second-order valence-electron chi connectivity index (χ2n) is 7.56. The maximum atomic E-state index is 12.5. The second kappa shape index (κ2) is 15.7. The Hall–Kier alpha value is -3.20. The summed E-state index contributed by atoms with van der Waals surface area (Å²) in [6.07, 6.45) is 2.88. The van der Waals surface area contributed by atoms with E-state index in [1.807, 2.05) is 17.7 Å². The number of imide groups is 1. The molecule has 2 atom stereocenters. The molecule has 1 aliphatic rings. The van der Waals surface area contributed by atoms with Crippen LogP contribution in [0.15, 0.2) is 0 Å². The summed E-state index contributed by atoms with van der Waals surface area (Å²) in [5.41, 5.74) is 7.19. The number of carboxylic acid groups (broad SMARTS) is 1. The highest BCUT2D eigenvalue weighted by atomic mass is 32.2. The van der Waals surface area contributed by atoms with Gasteiger partial charge in [0.15, 0.2) is 0 Å². The third kappa shape index (κ3) is 11.2. The normalized spacial score (nSPS) is 16.4. The van der Waals surface area contributed by atoms with Crippen molar-refractivity contribution in [2.45, 2.75) is 57.5 Å². The van der Waals surface area contributed by atoms with Crippen molar-refractivity contribution in [2.24, 2.45) is 5.73 Å². The van der Waals surface area contributed by atoms with Crippen molar-refractivity contribution in [3.05, 3.63) is 0 Å². The van der Waals surface area contributed by atoms with Gasteiger partial charge in [-0.2, -0.15) is 17.2 Å². The molecule has 0 aromatic carbocycles. The van der Waals surface area contributed by atoms with E-state index in [9.17, 15) is 33.6 Å². The van der Waals surface area contributed by atoms with E-state index >= 15 is 0 Å². The number of ether oxygens (including phenoxy) is 1. The Morgan fingerprint density at radius 2 is 1.97 bits per heavy atom. The molecule has 4 amide bonds. The fourth-order valence-electron chi connectivity index (χ4n) is 2.74. The molecule has 1 fully saturated rings. The van der Waals surface area contributed by atoms with Crippen molar-refractivity contribution < 1.29 is 48.2 Å². The minimum Gasteiger partial charge on any atom is -0.480 e. The molecule has 196 valence electrons. The van der Waals surface area contributed by atoms with E-state index in [-0.39, 0.29) is 24.5 Å². The van der Waals surface area contributed by atoms with Crippen LogP contribution >= 0.6 is 11.8 Å². The summed E-state index contributed by atoms with van der Waals surface area (Å²) in [5, 5.41) is 10.7. The van der Waals surface area contributed by atoms with Gasteiger partial charge in [-0.1, -0.05) is 26.2 Å². The first-order valence-corrected chi connectivity index (χ1v) is 12.1. The molecule has 15 heteroatoms. The van der Waals surface area contributed by atoms with Crippen LogP contribution in [0.5, 0.6) is 0 Å². The summed E-state index contributed by atoms with van der Waals surface area (Å²) in [5.74, 6) is -6.42. The molecule has 2 unspecified atom stereocenters. The van der Waals surface area contributed by atoms with Gasteiger partial charge in [0.1, 0.15) is 18.6 Å². The number of carboxylic acids is 1. The van der Waals surface area contributed by atoms with E-state index in [0.29, 0.717) is 6.42 Å². The van der Waals surface area contributed by atoms with E-state index in [0.717, 1.165) is 35.9 Å². The van der Waals surface area contributed by atoms with E-state index < -0.39 is 66.6 Å². The van der Waals surface area contributed by atoms with Crippen LogP contribution in [0.2, 0.25) is 0 Å². The van der Waals surface area contributed by atoms with Crippen LogP contribution < -0.4 is 16.5 Å². The largest absolute Gasteiger partial charge is 0.480 e. The van der Waals surface area contributed by atoms with Crippen molar-refractivity contribution >= 4 is 53.3 Å². The molecule has 1 rings (SSSR count). The molecular formula is C20H30N4O10S. The molecule has 0 saturated carbocycles. The second-order valence-corrected chi connectivity index (χ2v) is 8.59. The molecule has 0 spiro atoms. The van der Waals surface area contributed by atoms with Crippen molar-refractivity contribution in [1.29, 1.82) is 0 Å². The average Bonchev–Trinajstić information content (AvgIpc) is 2.95. The summed E-state index contributed by atoms with van der Waals surface area (Å²) in [7, 11) is 0. The zero-order valence-electron chi connectivity index (χ0n) is 19.3. The van der Waals surface area contributed by atoms with Gasteiger partial charge in [0, 0.05) is 12.2 Å². The number of hydroxylamine groups is 1. The predicted molar refractivity (Wildman–Crippen MR) is 121 cm³/mol. The van der Waals surface area contributed by atoms with Crippen molar-refractivity contribution in [2.75, 3.05) is 24.7 Å². The molecule has 5 N–H and O–H groups in total.